The fourth-order valence-electron chi connectivity index (χ4n) is 2.51. The lowest BCUT2D eigenvalue weighted by molar-refractivity contribution is -0.145. The van der Waals surface area contributed by atoms with Crippen molar-refractivity contribution in [1.29, 1.82) is 0 Å². The molecular weight excluding hydrogens is 208 g/mol. The van der Waals surface area contributed by atoms with Gasteiger partial charge in [0, 0.05) is 13.0 Å². The fraction of sp³-hybridized carbons (Fsp3) is 0.909. The van der Waals surface area contributed by atoms with E-state index in [1.807, 2.05) is 0 Å². The Hall–Kier alpha value is -0.650. The van der Waals surface area contributed by atoms with Gasteiger partial charge in [0.1, 0.15) is 6.04 Å². The van der Waals surface area contributed by atoms with Gasteiger partial charge in [0.15, 0.2) is 0 Å². The number of hydroxylamine groups is 1. The molecule has 0 aliphatic carbocycles. The lowest BCUT2D eigenvalue weighted by Gasteiger charge is -2.32. The summed E-state index contributed by atoms with van der Waals surface area (Å²) < 4.78 is 0. The summed E-state index contributed by atoms with van der Waals surface area (Å²) in [5.41, 5.74) is 2.81. The maximum atomic E-state index is 11.3. The van der Waals surface area contributed by atoms with Gasteiger partial charge in [-0.25, -0.2) is 5.48 Å². The molecule has 0 aromatic carbocycles. The highest BCUT2D eigenvalue weighted by Crippen LogP contribution is 2.19. The molecule has 2 saturated heterocycles. The summed E-state index contributed by atoms with van der Waals surface area (Å²) in [4.78, 5) is 18.6. The number of likely N-dealkylation sites (tertiary alicyclic amines) is 1. The number of nitrogens with one attached hydrogen (secondary N) is 1. The number of carbonyl (C=O) groups is 1. The van der Waals surface area contributed by atoms with Crippen LogP contribution >= 0.6 is 0 Å². The lowest BCUT2D eigenvalue weighted by Crippen LogP contribution is -2.45. The maximum Gasteiger partial charge on any atom is 0.321 e. The molecule has 0 aromatic heterocycles. The minimum atomic E-state index is -0.711. The average Bonchev–Trinajstić information content (AvgIpc) is 2.79. The Morgan fingerprint density at radius 3 is 2.75 bits per heavy atom. The first-order chi connectivity index (χ1) is 7.77. The number of hydrogen-bond acceptors (Lipinski definition) is 4. The van der Waals surface area contributed by atoms with Crippen LogP contribution in [0.15, 0.2) is 0 Å². The van der Waals surface area contributed by atoms with Gasteiger partial charge in [0.2, 0.25) is 0 Å². The molecule has 2 N–H and O–H groups in total. The van der Waals surface area contributed by atoms with Crippen LogP contribution in [0.3, 0.4) is 0 Å². The number of hydrogen-bond donors (Lipinski definition) is 2. The van der Waals surface area contributed by atoms with Gasteiger partial charge in [0.25, 0.3) is 0 Å². The zero-order valence-electron chi connectivity index (χ0n) is 9.52. The molecule has 0 amide bonds. The van der Waals surface area contributed by atoms with Crippen molar-refractivity contribution in [2.45, 2.75) is 44.2 Å². The Morgan fingerprint density at radius 2 is 2.19 bits per heavy atom. The molecule has 2 unspecified atom stereocenters. The van der Waals surface area contributed by atoms with Crippen LogP contribution in [0.1, 0.15) is 32.1 Å². The standard InChI is InChI=1S/C11H20N2O3/c14-11(15)10(8-9-4-5-12-16-9)13-6-2-1-3-7-13/h9-10,12H,1-8H2,(H,14,15). The SMILES string of the molecule is O=C(O)C(CC1CCNO1)N1CCCCC1. The van der Waals surface area contributed by atoms with Crippen LogP contribution in [0.2, 0.25) is 0 Å². The van der Waals surface area contributed by atoms with Crippen molar-refractivity contribution in [2.75, 3.05) is 19.6 Å². The summed E-state index contributed by atoms with van der Waals surface area (Å²) in [5.74, 6) is -0.711. The van der Waals surface area contributed by atoms with E-state index in [2.05, 4.69) is 10.4 Å². The average molecular weight is 228 g/mol. The van der Waals surface area contributed by atoms with E-state index in [1.54, 1.807) is 0 Å². The Kier molecular flexibility index (Phi) is 4.15. The Labute approximate surface area is 95.7 Å². The minimum Gasteiger partial charge on any atom is -0.480 e. The number of carboxylic acid groups (broad SMARTS) is 1. The molecule has 16 heavy (non-hydrogen) atoms. The second-order valence-corrected chi connectivity index (χ2v) is 4.61. The predicted octanol–water partition coefficient (Wildman–Crippen LogP) is 0.609. The molecule has 2 rings (SSSR count). The molecule has 5 heteroatoms. The van der Waals surface area contributed by atoms with E-state index in [4.69, 9.17) is 4.84 Å². The molecule has 2 fully saturated rings. The molecule has 0 aromatic rings. The first kappa shape index (κ1) is 11.8. The van der Waals surface area contributed by atoms with Crippen molar-refractivity contribution in [1.82, 2.24) is 10.4 Å². The first-order valence-corrected chi connectivity index (χ1v) is 6.13. The van der Waals surface area contributed by atoms with Crippen LogP contribution in [0.4, 0.5) is 0 Å². The number of rotatable bonds is 4. The Bertz CT molecular complexity index is 235. The smallest absolute Gasteiger partial charge is 0.321 e. The highest BCUT2D eigenvalue weighted by atomic mass is 16.7. The normalized spacial score (nSPS) is 29.1. The van der Waals surface area contributed by atoms with Gasteiger partial charge in [-0.1, -0.05) is 6.42 Å². The third-order valence-electron chi connectivity index (χ3n) is 3.42. The maximum absolute atomic E-state index is 11.3. The molecule has 2 aliphatic heterocycles. The summed E-state index contributed by atoms with van der Waals surface area (Å²) >= 11 is 0. The Balaban J connectivity index is 1.90. The molecule has 2 atom stereocenters. The highest BCUT2D eigenvalue weighted by molar-refractivity contribution is 5.73. The van der Waals surface area contributed by atoms with Crippen LogP contribution in [-0.4, -0.2) is 47.8 Å². The second-order valence-electron chi connectivity index (χ2n) is 4.61. The van der Waals surface area contributed by atoms with Gasteiger partial charge < -0.3 is 5.11 Å². The van der Waals surface area contributed by atoms with Gasteiger partial charge in [0.05, 0.1) is 6.10 Å². The molecule has 2 aliphatic rings. The quantitative estimate of drug-likeness (QED) is 0.738. The van der Waals surface area contributed by atoms with Crippen molar-refractivity contribution in [3.05, 3.63) is 0 Å². The van der Waals surface area contributed by atoms with Crippen LogP contribution in [0.5, 0.6) is 0 Å². The number of piperidine rings is 1. The first-order valence-electron chi connectivity index (χ1n) is 6.13. The van der Waals surface area contributed by atoms with Crippen molar-refractivity contribution in [2.24, 2.45) is 0 Å². The van der Waals surface area contributed by atoms with Gasteiger partial charge in [-0.15, -0.1) is 0 Å². The van der Waals surface area contributed by atoms with E-state index in [9.17, 15) is 9.90 Å². The van der Waals surface area contributed by atoms with Crippen molar-refractivity contribution < 1.29 is 14.7 Å². The second kappa shape index (κ2) is 5.61. The van der Waals surface area contributed by atoms with Crippen LogP contribution in [0, 0.1) is 0 Å². The zero-order valence-corrected chi connectivity index (χ0v) is 9.52. The van der Waals surface area contributed by atoms with E-state index in [0.717, 1.165) is 38.9 Å². The number of carboxylic acids is 1. The molecule has 0 bridgehead atoms. The van der Waals surface area contributed by atoms with E-state index in [1.165, 1.54) is 6.42 Å². The summed E-state index contributed by atoms with van der Waals surface area (Å²) in [5, 5.41) is 9.27. The van der Waals surface area contributed by atoms with Gasteiger partial charge in [-0.2, -0.15) is 0 Å². The largest absolute Gasteiger partial charge is 0.480 e. The van der Waals surface area contributed by atoms with Crippen molar-refractivity contribution >= 4 is 5.97 Å². The zero-order chi connectivity index (χ0) is 11.4. The number of nitrogens with zero attached hydrogens (tertiary/aromatic N) is 1. The minimum absolute atomic E-state index is 0.0584. The van der Waals surface area contributed by atoms with E-state index in [-0.39, 0.29) is 12.1 Å². The predicted molar refractivity (Wildman–Crippen MR) is 59.0 cm³/mol. The van der Waals surface area contributed by atoms with E-state index < -0.39 is 5.97 Å². The number of aliphatic carboxylic acids is 1. The van der Waals surface area contributed by atoms with Gasteiger partial charge >= 0.3 is 5.97 Å². The topological polar surface area (TPSA) is 61.8 Å². The third kappa shape index (κ3) is 2.93. The molecule has 0 spiro atoms. The summed E-state index contributed by atoms with van der Waals surface area (Å²) in [7, 11) is 0. The fourth-order valence-corrected chi connectivity index (χ4v) is 2.51. The molecule has 2 heterocycles. The third-order valence-corrected chi connectivity index (χ3v) is 3.42. The monoisotopic (exact) mass is 228 g/mol. The van der Waals surface area contributed by atoms with E-state index in [0.29, 0.717) is 6.42 Å². The van der Waals surface area contributed by atoms with Crippen LogP contribution in [0.25, 0.3) is 0 Å². The summed E-state index contributed by atoms with van der Waals surface area (Å²) in [6.07, 6.45) is 5.04. The molecule has 0 saturated carbocycles. The molecule has 92 valence electrons. The van der Waals surface area contributed by atoms with Gasteiger partial charge in [-0.3, -0.25) is 14.5 Å². The van der Waals surface area contributed by atoms with Crippen LogP contribution in [-0.2, 0) is 9.63 Å². The molecular formula is C11H20N2O3. The molecule has 5 nitrogen and oxygen atoms in total. The Morgan fingerprint density at radius 1 is 1.44 bits per heavy atom. The summed E-state index contributed by atoms with van der Waals surface area (Å²) in [6.45, 7) is 2.66. The molecule has 0 radical (unpaired) electrons. The van der Waals surface area contributed by atoms with Gasteiger partial charge in [-0.05, 0) is 32.4 Å². The van der Waals surface area contributed by atoms with Crippen LogP contribution < -0.4 is 5.48 Å². The van der Waals surface area contributed by atoms with E-state index >= 15 is 0 Å². The van der Waals surface area contributed by atoms with Crippen molar-refractivity contribution in [3.8, 4) is 0 Å². The highest BCUT2D eigenvalue weighted by Gasteiger charge is 2.31. The van der Waals surface area contributed by atoms with Crippen molar-refractivity contribution in [3.63, 3.8) is 0 Å². The lowest BCUT2D eigenvalue weighted by atomic mass is 10.0. The summed E-state index contributed by atoms with van der Waals surface area (Å²) in [6, 6.07) is -0.370.